The molecule has 0 radical (unpaired) electrons. The van der Waals surface area contributed by atoms with Crippen LogP contribution in [0.4, 0.5) is 11.5 Å². The Kier molecular flexibility index (Phi) is 4.92. The molecule has 0 bridgehead atoms. The number of pyridine rings is 1. The number of carbonyl (C=O) groups is 1. The largest absolute Gasteiger partial charge is 0.306 e. The van der Waals surface area contributed by atoms with E-state index < -0.39 is 10.8 Å². The van der Waals surface area contributed by atoms with E-state index in [0.717, 1.165) is 9.37 Å². The normalized spacial score (nSPS) is 10.2. The summed E-state index contributed by atoms with van der Waals surface area (Å²) in [5.74, 6) is -0.237. The molecule has 0 aliphatic carbocycles. The van der Waals surface area contributed by atoms with E-state index in [1.165, 1.54) is 30.1 Å². The van der Waals surface area contributed by atoms with Gasteiger partial charge in [0.2, 0.25) is 0 Å². The highest BCUT2D eigenvalue weighted by Crippen LogP contribution is 2.25. The van der Waals surface area contributed by atoms with Gasteiger partial charge in [-0.05, 0) is 46.5 Å². The number of nitro groups is 1. The Labute approximate surface area is 133 Å². The first-order valence-electron chi connectivity index (χ1n) is 5.76. The number of benzene rings is 1. The molecule has 2 aromatic rings. The number of amides is 1. The number of thioether (sulfide) groups is 1. The van der Waals surface area contributed by atoms with Crippen LogP contribution in [-0.2, 0) is 0 Å². The maximum absolute atomic E-state index is 12.2. The van der Waals surface area contributed by atoms with Gasteiger partial charge < -0.3 is 5.32 Å². The number of anilines is 1. The van der Waals surface area contributed by atoms with Gasteiger partial charge in [0.05, 0.1) is 4.92 Å². The summed E-state index contributed by atoms with van der Waals surface area (Å²) in [6.45, 7) is 0. The van der Waals surface area contributed by atoms with Gasteiger partial charge in [0, 0.05) is 21.6 Å². The third kappa shape index (κ3) is 3.79. The molecule has 0 saturated carbocycles. The molecule has 1 amide bonds. The molecule has 0 aliphatic heterocycles. The standard InChI is InChI=1S/C13H10BrN3O3S/c1-21-9-3-4-11(17(19)20)10(6-9)13(18)16-12-5-2-8(14)7-15-12/h2-7H,1H3,(H,15,16,18). The Morgan fingerprint density at radius 1 is 1.38 bits per heavy atom. The molecular weight excluding hydrogens is 358 g/mol. The highest BCUT2D eigenvalue weighted by atomic mass is 79.9. The van der Waals surface area contributed by atoms with Crippen molar-refractivity contribution in [3.05, 3.63) is 56.7 Å². The van der Waals surface area contributed by atoms with Gasteiger partial charge in [0.15, 0.2) is 0 Å². The van der Waals surface area contributed by atoms with E-state index in [2.05, 4.69) is 26.2 Å². The molecule has 6 nitrogen and oxygen atoms in total. The summed E-state index contributed by atoms with van der Waals surface area (Å²) in [6.07, 6.45) is 3.36. The number of hydrogen-bond donors (Lipinski definition) is 1. The first-order valence-corrected chi connectivity index (χ1v) is 7.78. The maximum Gasteiger partial charge on any atom is 0.282 e. The molecule has 8 heteroatoms. The maximum atomic E-state index is 12.2. The average molecular weight is 368 g/mol. The van der Waals surface area contributed by atoms with Crippen LogP contribution in [0.1, 0.15) is 10.4 Å². The lowest BCUT2D eigenvalue weighted by Gasteiger charge is -2.06. The number of carbonyl (C=O) groups excluding carboxylic acids is 1. The van der Waals surface area contributed by atoms with Crippen molar-refractivity contribution in [2.24, 2.45) is 0 Å². The summed E-state index contributed by atoms with van der Waals surface area (Å²) in [4.78, 5) is 27.4. The zero-order chi connectivity index (χ0) is 15.4. The molecule has 1 N–H and O–H groups in total. The summed E-state index contributed by atoms with van der Waals surface area (Å²) in [6, 6.07) is 7.76. The molecule has 0 spiro atoms. The molecule has 0 unspecified atom stereocenters. The number of hydrogen-bond acceptors (Lipinski definition) is 5. The topological polar surface area (TPSA) is 85.1 Å². The Bertz CT molecular complexity index is 692. The predicted octanol–water partition coefficient (Wildman–Crippen LogP) is 3.73. The smallest absolute Gasteiger partial charge is 0.282 e. The molecule has 1 aromatic heterocycles. The molecule has 1 heterocycles. The minimum atomic E-state index is -0.575. The molecule has 1 aromatic carbocycles. The average Bonchev–Trinajstić information content (AvgIpc) is 2.48. The van der Waals surface area contributed by atoms with E-state index in [0.29, 0.717) is 5.82 Å². The quantitative estimate of drug-likeness (QED) is 0.505. The van der Waals surface area contributed by atoms with E-state index in [-0.39, 0.29) is 11.3 Å². The molecule has 2 rings (SSSR count). The van der Waals surface area contributed by atoms with Crippen LogP contribution in [0, 0.1) is 10.1 Å². The van der Waals surface area contributed by atoms with Gasteiger partial charge >= 0.3 is 0 Å². The Hall–Kier alpha value is -1.93. The van der Waals surface area contributed by atoms with Crippen molar-refractivity contribution < 1.29 is 9.72 Å². The van der Waals surface area contributed by atoms with Gasteiger partial charge in [-0.25, -0.2) is 4.98 Å². The minimum Gasteiger partial charge on any atom is -0.306 e. The summed E-state index contributed by atoms with van der Waals surface area (Å²) >= 11 is 4.64. The summed E-state index contributed by atoms with van der Waals surface area (Å²) in [5.41, 5.74) is -0.223. The van der Waals surface area contributed by atoms with E-state index in [1.807, 2.05) is 6.26 Å². The van der Waals surface area contributed by atoms with E-state index in [9.17, 15) is 14.9 Å². The molecule has 0 fully saturated rings. The number of nitrogens with zero attached hydrogens (tertiary/aromatic N) is 2. The monoisotopic (exact) mass is 367 g/mol. The van der Waals surface area contributed by atoms with Crippen LogP contribution in [0.3, 0.4) is 0 Å². The Balaban J connectivity index is 2.33. The highest BCUT2D eigenvalue weighted by molar-refractivity contribution is 9.10. The Morgan fingerprint density at radius 2 is 2.14 bits per heavy atom. The van der Waals surface area contributed by atoms with Crippen LogP contribution in [0.5, 0.6) is 0 Å². The van der Waals surface area contributed by atoms with Gasteiger partial charge in [-0.2, -0.15) is 0 Å². The second-order valence-electron chi connectivity index (χ2n) is 3.96. The lowest BCUT2D eigenvalue weighted by Crippen LogP contribution is -2.14. The molecule has 0 saturated heterocycles. The first-order chi connectivity index (χ1) is 10.0. The number of rotatable bonds is 4. The van der Waals surface area contributed by atoms with E-state index >= 15 is 0 Å². The number of aromatic nitrogens is 1. The van der Waals surface area contributed by atoms with Crippen molar-refractivity contribution in [3.63, 3.8) is 0 Å². The molecule has 0 aliphatic rings. The number of nitrogens with one attached hydrogen (secondary N) is 1. The first kappa shape index (κ1) is 15.5. The third-order valence-corrected chi connectivity index (χ3v) is 3.81. The second kappa shape index (κ2) is 6.68. The van der Waals surface area contributed by atoms with Crippen LogP contribution >= 0.6 is 27.7 Å². The van der Waals surface area contributed by atoms with Crippen molar-refractivity contribution in [3.8, 4) is 0 Å². The zero-order valence-corrected chi connectivity index (χ0v) is 13.3. The highest BCUT2D eigenvalue weighted by Gasteiger charge is 2.21. The lowest BCUT2D eigenvalue weighted by atomic mass is 10.1. The Morgan fingerprint density at radius 3 is 2.71 bits per heavy atom. The van der Waals surface area contributed by atoms with Crippen LogP contribution in [0.25, 0.3) is 0 Å². The summed E-state index contributed by atoms with van der Waals surface area (Å²) in [5, 5.41) is 13.6. The minimum absolute atomic E-state index is 0.0107. The van der Waals surface area contributed by atoms with Gasteiger partial charge in [-0.3, -0.25) is 14.9 Å². The van der Waals surface area contributed by atoms with Crippen LogP contribution in [0.2, 0.25) is 0 Å². The van der Waals surface area contributed by atoms with Crippen LogP contribution in [-0.4, -0.2) is 22.1 Å². The number of halogens is 1. The zero-order valence-electron chi connectivity index (χ0n) is 10.9. The molecule has 21 heavy (non-hydrogen) atoms. The lowest BCUT2D eigenvalue weighted by molar-refractivity contribution is -0.385. The van der Waals surface area contributed by atoms with Crippen molar-refractivity contribution in [1.82, 2.24) is 4.98 Å². The molecule has 0 atom stereocenters. The van der Waals surface area contributed by atoms with Gasteiger partial charge in [0.1, 0.15) is 11.4 Å². The van der Waals surface area contributed by atoms with Gasteiger partial charge in [-0.15, -0.1) is 11.8 Å². The van der Waals surface area contributed by atoms with Crippen molar-refractivity contribution in [1.29, 1.82) is 0 Å². The fraction of sp³-hybridized carbons (Fsp3) is 0.0769. The predicted molar refractivity (Wildman–Crippen MR) is 84.8 cm³/mol. The molecule has 108 valence electrons. The van der Waals surface area contributed by atoms with E-state index in [1.54, 1.807) is 18.2 Å². The third-order valence-electron chi connectivity index (χ3n) is 2.61. The summed E-state index contributed by atoms with van der Waals surface area (Å²) < 4.78 is 0.774. The fourth-order valence-corrected chi connectivity index (χ4v) is 2.29. The summed E-state index contributed by atoms with van der Waals surface area (Å²) in [7, 11) is 0. The van der Waals surface area contributed by atoms with Crippen LogP contribution < -0.4 is 5.32 Å². The van der Waals surface area contributed by atoms with Gasteiger partial charge in [-0.1, -0.05) is 0 Å². The SMILES string of the molecule is CSc1ccc([N+](=O)[O-])c(C(=O)Nc2ccc(Br)cn2)c1. The second-order valence-corrected chi connectivity index (χ2v) is 5.75. The fourth-order valence-electron chi connectivity index (χ4n) is 1.62. The van der Waals surface area contributed by atoms with Crippen molar-refractivity contribution >= 4 is 45.1 Å². The number of nitro benzene ring substituents is 1. The molecular formula is C13H10BrN3O3S. The van der Waals surface area contributed by atoms with E-state index in [4.69, 9.17) is 0 Å². The van der Waals surface area contributed by atoms with Crippen molar-refractivity contribution in [2.45, 2.75) is 4.90 Å². The van der Waals surface area contributed by atoms with Crippen LogP contribution in [0.15, 0.2) is 45.9 Å². The van der Waals surface area contributed by atoms with Gasteiger partial charge in [0.25, 0.3) is 11.6 Å². The van der Waals surface area contributed by atoms with Crippen molar-refractivity contribution in [2.75, 3.05) is 11.6 Å².